The molecule has 1 unspecified atom stereocenters. The van der Waals surface area contributed by atoms with Crippen molar-refractivity contribution in [2.45, 2.75) is 32.4 Å². The number of amides is 1. The highest BCUT2D eigenvalue weighted by atomic mass is 16.2. The standard InChI is InChI=1S/C20H23N3O/c1-3-12-23-13-11-15-14-17(9-10-18(15)23)22-19(24)20(2,21)16-7-5-4-6-8-16/h4-11,13-14H,3,12,21H2,1-2H3,(H,22,24). The predicted octanol–water partition coefficient (Wildman–Crippen LogP) is 3.86. The molecule has 3 aromatic rings. The van der Waals surface area contributed by atoms with E-state index in [2.05, 4.69) is 29.1 Å². The monoisotopic (exact) mass is 321 g/mol. The summed E-state index contributed by atoms with van der Waals surface area (Å²) in [5, 5.41) is 4.05. The molecule has 0 fully saturated rings. The number of hydrogen-bond acceptors (Lipinski definition) is 2. The Bertz CT molecular complexity index is 850. The van der Waals surface area contributed by atoms with Gasteiger partial charge in [-0.25, -0.2) is 0 Å². The molecule has 0 aliphatic carbocycles. The number of carbonyl (C=O) groups excluding carboxylic acids is 1. The smallest absolute Gasteiger partial charge is 0.248 e. The average Bonchev–Trinajstić information content (AvgIpc) is 2.98. The highest BCUT2D eigenvalue weighted by Crippen LogP contribution is 2.24. The van der Waals surface area contributed by atoms with Gasteiger partial charge in [-0.15, -0.1) is 0 Å². The van der Waals surface area contributed by atoms with Crippen molar-refractivity contribution in [1.82, 2.24) is 4.57 Å². The lowest BCUT2D eigenvalue weighted by atomic mass is 9.92. The first-order chi connectivity index (χ1) is 11.5. The van der Waals surface area contributed by atoms with Crippen LogP contribution in [-0.4, -0.2) is 10.5 Å². The van der Waals surface area contributed by atoms with Crippen molar-refractivity contribution in [2.75, 3.05) is 5.32 Å². The van der Waals surface area contributed by atoms with Crippen molar-refractivity contribution in [3.05, 3.63) is 66.4 Å². The zero-order chi connectivity index (χ0) is 17.2. The first-order valence-electron chi connectivity index (χ1n) is 8.27. The average molecular weight is 321 g/mol. The molecule has 3 N–H and O–H groups in total. The van der Waals surface area contributed by atoms with Gasteiger partial charge in [0.2, 0.25) is 5.91 Å². The number of nitrogens with one attached hydrogen (secondary N) is 1. The Labute approximate surface area is 142 Å². The first-order valence-corrected chi connectivity index (χ1v) is 8.27. The fourth-order valence-corrected chi connectivity index (χ4v) is 2.89. The lowest BCUT2D eigenvalue weighted by Gasteiger charge is -2.24. The molecule has 0 radical (unpaired) electrons. The second-order valence-electron chi connectivity index (χ2n) is 6.31. The molecule has 0 spiro atoms. The highest BCUT2D eigenvalue weighted by molar-refractivity contribution is 5.99. The minimum absolute atomic E-state index is 0.221. The van der Waals surface area contributed by atoms with Gasteiger partial charge in [0.1, 0.15) is 5.54 Å². The second kappa shape index (κ2) is 6.49. The van der Waals surface area contributed by atoms with Gasteiger partial charge < -0.3 is 15.6 Å². The fraction of sp³-hybridized carbons (Fsp3) is 0.250. The third kappa shape index (κ3) is 3.05. The fourth-order valence-electron chi connectivity index (χ4n) is 2.89. The van der Waals surface area contributed by atoms with E-state index in [1.807, 2.05) is 48.5 Å². The van der Waals surface area contributed by atoms with Gasteiger partial charge >= 0.3 is 0 Å². The summed E-state index contributed by atoms with van der Waals surface area (Å²) in [5.41, 5.74) is 7.91. The largest absolute Gasteiger partial charge is 0.347 e. The Kier molecular flexibility index (Phi) is 4.40. The molecule has 2 aromatic carbocycles. The third-order valence-corrected chi connectivity index (χ3v) is 4.34. The minimum Gasteiger partial charge on any atom is -0.347 e. The summed E-state index contributed by atoms with van der Waals surface area (Å²) in [6.45, 7) is 4.88. The maximum atomic E-state index is 12.6. The molecule has 24 heavy (non-hydrogen) atoms. The van der Waals surface area contributed by atoms with E-state index < -0.39 is 5.54 Å². The van der Waals surface area contributed by atoms with Crippen LogP contribution in [0.2, 0.25) is 0 Å². The van der Waals surface area contributed by atoms with Crippen molar-refractivity contribution in [2.24, 2.45) is 5.73 Å². The number of rotatable bonds is 5. The molecule has 0 aliphatic rings. The van der Waals surface area contributed by atoms with Crippen LogP contribution < -0.4 is 11.1 Å². The van der Waals surface area contributed by atoms with E-state index >= 15 is 0 Å². The lowest BCUT2D eigenvalue weighted by Crippen LogP contribution is -2.45. The summed E-state index contributed by atoms with van der Waals surface area (Å²) in [4.78, 5) is 12.6. The van der Waals surface area contributed by atoms with Crippen molar-refractivity contribution in [3.63, 3.8) is 0 Å². The van der Waals surface area contributed by atoms with Gasteiger partial charge in [-0.3, -0.25) is 4.79 Å². The van der Waals surface area contributed by atoms with Gasteiger partial charge in [0, 0.05) is 29.3 Å². The molecule has 1 amide bonds. The topological polar surface area (TPSA) is 60.0 Å². The number of anilines is 1. The zero-order valence-corrected chi connectivity index (χ0v) is 14.1. The second-order valence-corrected chi connectivity index (χ2v) is 6.31. The van der Waals surface area contributed by atoms with Crippen LogP contribution in [0.4, 0.5) is 5.69 Å². The van der Waals surface area contributed by atoms with Gasteiger partial charge in [0.05, 0.1) is 0 Å². The van der Waals surface area contributed by atoms with Crippen LogP contribution in [0.15, 0.2) is 60.8 Å². The molecule has 124 valence electrons. The van der Waals surface area contributed by atoms with Crippen LogP contribution in [0.25, 0.3) is 10.9 Å². The zero-order valence-electron chi connectivity index (χ0n) is 14.1. The molecule has 4 heteroatoms. The number of fused-ring (bicyclic) bond motifs is 1. The Balaban J connectivity index is 1.83. The van der Waals surface area contributed by atoms with Crippen molar-refractivity contribution in [1.29, 1.82) is 0 Å². The van der Waals surface area contributed by atoms with Crippen LogP contribution in [0.1, 0.15) is 25.8 Å². The summed E-state index contributed by atoms with van der Waals surface area (Å²) >= 11 is 0. The Morgan fingerprint density at radius 3 is 2.62 bits per heavy atom. The number of hydrogen-bond donors (Lipinski definition) is 2. The molecular weight excluding hydrogens is 298 g/mol. The number of carbonyl (C=O) groups is 1. The summed E-state index contributed by atoms with van der Waals surface area (Å²) in [6, 6.07) is 17.4. The molecule has 1 atom stereocenters. The van der Waals surface area contributed by atoms with Gasteiger partial charge in [-0.2, -0.15) is 0 Å². The van der Waals surface area contributed by atoms with E-state index in [4.69, 9.17) is 5.73 Å². The van der Waals surface area contributed by atoms with Gasteiger partial charge in [-0.05, 0) is 43.2 Å². The molecule has 0 saturated carbocycles. The molecule has 4 nitrogen and oxygen atoms in total. The van der Waals surface area contributed by atoms with Crippen molar-refractivity contribution >= 4 is 22.5 Å². The van der Waals surface area contributed by atoms with E-state index in [0.29, 0.717) is 0 Å². The van der Waals surface area contributed by atoms with Crippen LogP contribution in [0.3, 0.4) is 0 Å². The van der Waals surface area contributed by atoms with Gasteiger partial charge in [0.25, 0.3) is 0 Å². The van der Waals surface area contributed by atoms with E-state index in [1.165, 1.54) is 5.52 Å². The van der Waals surface area contributed by atoms with Crippen LogP contribution in [0.5, 0.6) is 0 Å². The van der Waals surface area contributed by atoms with E-state index in [0.717, 1.165) is 29.6 Å². The number of nitrogens with two attached hydrogens (primary N) is 1. The van der Waals surface area contributed by atoms with Gasteiger partial charge in [-0.1, -0.05) is 37.3 Å². The van der Waals surface area contributed by atoms with Crippen molar-refractivity contribution in [3.8, 4) is 0 Å². The quantitative estimate of drug-likeness (QED) is 0.749. The highest BCUT2D eigenvalue weighted by Gasteiger charge is 2.30. The van der Waals surface area contributed by atoms with E-state index in [-0.39, 0.29) is 5.91 Å². The third-order valence-electron chi connectivity index (χ3n) is 4.34. The molecule has 0 bridgehead atoms. The maximum Gasteiger partial charge on any atom is 0.248 e. The van der Waals surface area contributed by atoms with Crippen LogP contribution in [-0.2, 0) is 16.9 Å². The maximum absolute atomic E-state index is 12.6. The molecule has 0 saturated heterocycles. The summed E-state index contributed by atoms with van der Waals surface area (Å²) < 4.78 is 2.22. The molecule has 0 aliphatic heterocycles. The van der Waals surface area contributed by atoms with Crippen molar-refractivity contribution < 1.29 is 4.79 Å². The lowest BCUT2D eigenvalue weighted by molar-refractivity contribution is -0.120. The number of nitrogens with zero attached hydrogens (tertiary/aromatic N) is 1. The molecule has 3 rings (SSSR count). The van der Waals surface area contributed by atoms with Gasteiger partial charge in [0.15, 0.2) is 0 Å². The normalized spacial score (nSPS) is 13.6. The number of aryl methyl sites for hydroxylation is 1. The summed E-state index contributed by atoms with van der Waals surface area (Å²) in [6.07, 6.45) is 3.17. The van der Waals surface area contributed by atoms with Crippen LogP contribution >= 0.6 is 0 Å². The number of aromatic nitrogens is 1. The number of benzene rings is 2. The molecule has 1 aromatic heterocycles. The van der Waals surface area contributed by atoms with E-state index in [9.17, 15) is 4.79 Å². The van der Waals surface area contributed by atoms with Crippen LogP contribution in [0, 0.1) is 0 Å². The molecule has 1 heterocycles. The summed E-state index contributed by atoms with van der Waals surface area (Å²) in [7, 11) is 0. The predicted molar refractivity (Wildman–Crippen MR) is 98.8 cm³/mol. The Morgan fingerprint density at radius 2 is 1.92 bits per heavy atom. The van der Waals surface area contributed by atoms with E-state index in [1.54, 1.807) is 6.92 Å². The first kappa shape index (κ1) is 16.3. The molecular formula is C20H23N3O. The Morgan fingerprint density at radius 1 is 1.17 bits per heavy atom. The SMILES string of the molecule is CCCn1ccc2cc(NC(=O)C(C)(N)c3ccccc3)ccc21. The Hall–Kier alpha value is -2.59. The summed E-state index contributed by atoms with van der Waals surface area (Å²) in [5.74, 6) is -0.221. The minimum atomic E-state index is -1.08.